The maximum Gasteiger partial charge on any atom is 0.294 e. The van der Waals surface area contributed by atoms with E-state index in [-0.39, 0.29) is 70.3 Å². The fourth-order valence-corrected chi connectivity index (χ4v) is 16.2. The van der Waals surface area contributed by atoms with Crippen molar-refractivity contribution in [2.24, 2.45) is 7.05 Å². The molecule has 2 unspecified atom stereocenters. The Hall–Kier alpha value is -8.97. The van der Waals surface area contributed by atoms with Crippen LogP contribution in [0.25, 0.3) is 32.7 Å². The van der Waals surface area contributed by atoms with Gasteiger partial charge in [0, 0.05) is 132 Å². The normalized spacial score (nSPS) is 17.3. The highest BCUT2D eigenvalue weighted by molar-refractivity contribution is 7.59. The first-order valence-electron chi connectivity index (χ1n) is 44.7. The fraction of sp³-hybridized carbons (Fsp3) is 0.529. The molecular weight excluding hydrogens is 1570 g/mol. The van der Waals surface area contributed by atoms with E-state index < -0.39 is 0 Å². The number of nitrogens with zero attached hydrogens (tertiary/aromatic N) is 10. The molecule has 674 valence electrons. The Labute approximate surface area is 747 Å². The molecule has 5 aliphatic heterocycles. The Morgan fingerprint density at radius 1 is 0.548 bits per heavy atom. The number of piperidine rings is 1. The topological polar surface area (TPSA) is 219 Å². The van der Waals surface area contributed by atoms with Gasteiger partial charge in [0.05, 0.1) is 55.5 Å². The SMILES string of the molecule is CC(C)(C)c1ccc(NC(=O)CCN2CCC(O)C2)cc1.CC(C)(C)c1ccc(OCCCN2CCC(O)C2)cc1.CC(C)(C)c1ccc2c(c1)OCCO2.CC(C)(C)c1cccc2c1cnn2CCCN1CCOCC1.Cc1c(Nc2nccc3cc(CN4CCCC[C@H]4OC=O)cnc23)cccc1C(C)(C)C.Cn1ncc2c(C(C)(C)C)cccc21.S. The van der Waals surface area contributed by atoms with Crippen molar-refractivity contribution in [2.75, 3.05) is 109 Å². The Balaban J connectivity index is 0.000000172. The summed E-state index contributed by atoms with van der Waals surface area (Å²) in [5, 5.41) is 37.8. The molecule has 4 saturated heterocycles. The van der Waals surface area contributed by atoms with Crippen molar-refractivity contribution in [3.8, 4) is 17.2 Å². The van der Waals surface area contributed by atoms with E-state index in [9.17, 15) is 19.8 Å². The highest BCUT2D eigenvalue weighted by Crippen LogP contribution is 2.38. The summed E-state index contributed by atoms with van der Waals surface area (Å²) in [6.45, 7) is 57.4. The van der Waals surface area contributed by atoms with Crippen LogP contribution in [0.4, 0.5) is 17.2 Å². The van der Waals surface area contributed by atoms with Gasteiger partial charge in [0.15, 0.2) is 23.5 Å². The third-order valence-electron chi connectivity index (χ3n) is 23.4. The molecule has 3 atom stereocenters. The van der Waals surface area contributed by atoms with E-state index in [0.29, 0.717) is 45.7 Å². The van der Waals surface area contributed by atoms with Crippen LogP contribution in [-0.4, -0.2) is 189 Å². The zero-order valence-electron chi connectivity index (χ0n) is 78.2. The Morgan fingerprint density at radius 3 is 1.72 bits per heavy atom. The van der Waals surface area contributed by atoms with E-state index in [4.69, 9.17) is 28.7 Å². The molecule has 10 aromatic rings. The first-order chi connectivity index (χ1) is 58.3. The Bertz CT molecular complexity index is 4980. The van der Waals surface area contributed by atoms with E-state index in [1.54, 1.807) is 0 Å². The molecule has 4 N–H and O–H groups in total. The number of likely N-dealkylation sites (tertiary alicyclic amines) is 3. The smallest absolute Gasteiger partial charge is 0.294 e. The number of aryl methyl sites for hydroxylation is 2. The molecule has 6 aromatic carbocycles. The zero-order valence-corrected chi connectivity index (χ0v) is 79.2. The number of β-amino-alcohol motifs (C(OH)–C–C–N with tert-alkyl or cyclic N) is 2. The lowest BCUT2D eigenvalue weighted by Gasteiger charge is -2.33. The van der Waals surface area contributed by atoms with Crippen LogP contribution >= 0.6 is 13.5 Å². The van der Waals surface area contributed by atoms with Crippen LogP contribution in [0.5, 0.6) is 17.2 Å². The standard InChI is InChI=1S/C26H32N4O2.C18H27N3O.C17H26N2O2.C17H27NO2.C12H16N2.C12H16O2.H2S/c1-18-21(26(2,3)4)8-7-9-22(18)29-25-24-20(11-12-27-25)14-19(15-28-24)16-30-13-6-5-10-23(30)32-17-31;1-18(2,3)16-6-4-7-17-15(16)14-19-21(17)9-5-8-20-10-12-22-13-11-20;1-17(2,3)13-4-6-14(7-5-13)18-16(21)9-11-19-10-8-15(20)12-19;1-17(2,3)14-5-7-16(8-6-14)20-12-4-10-18-11-9-15(19)13-18;1-12(2,3)10-6-5-7-11-9(10)8-13-14(11)4;1-12(2,3)9-4-5-10-11(8-9)14-7-6-13-10;/h7-9,11-12,14-15,17,23H,5-6,10,13,16H2,1-4H3,(H,27,29);4,6-7,14H,5,8-13H2,1-3H3;4-7,15,20H,8-12H2,1-3H3,(H,18,21);5-8,15,19H,4,9-13H2,1-3H3;5-8H,1-4H3;4-5,8H,6-7H2,1-3H3;1H2/t23-;;;;;;/m1....../s1. The number of nitrogens with one attached hydrogen (secondary N) is 2. The second-order valence-corrected chi connectivity index (χ2v) is 39.7. The maximum atomic E-state index is 11.9. The lowest BCUT2D eigenvalue weighted by atomic mass is 9.83. The molecule has 5 aliphatic rings. The molecule has 4 aromatic heterocycles. The van der Waals surface area contributed by atoms with E-state index in [2.05, 4.69) is 291 Å². The summed E-state index contributed by atoms with van der Waals surface area (Å²) < 4.78 is 31.5. The maximum absolute atomic E-state index is 11.9. The van der Waals surface area contributed by atoms with Gasteiger partial charge in [-0.2, -0.15) is 23.7 Å². The Morgan fingerprint density at radius 2 is 1.11 bits per heavy atom. The molecule has 0 bridgehead atoms. The summed E-state index contributed by atoms with van der Waals surface area (Å²) in [6.07, 6.45) is 14.6. The van der Waals surface area contributed by atoms with E-state index in [0.717, 1.165) is 175 Å². The molecule has 21 nitrogen and oxygen atoms in total. The molecule has 0 spiro atoms. The van der Waals surface area contributed by atoms with Gasteiger partial charge < -0.3 is 54.3 Å². The van der Waals surface area contributed by atoms with Gasteiger partial charge in [-0.25, -0.2) is 4.98 Å². The van der Waals surface area contributed by atoms with Crippen molar-refractivity contribution >= 4 is 75.8 Å². The van der Waals surface area contributed by atoms with Crippen LogP contribution in [0, 0.1) is 6.92 Å². The van der Waals surface area contributed by atoms with E-state index >= 15 is 0 Å². The lowest BCUT2D eigenvalue weighted by molar-refractivity contribution is -0.147. The largest absolute Gasteiger partial charge is 0.494 e. The molecule has 0 radical (unpaired) electrons. The minimum atomic E-state index is -0.224. The second kappa shape index (κ2) is 44.9. The van der Waals surface area contributed by atoms with Gasteiger partial charge in [0.25, 0.3) is 6.47 Å². The van der Waals surface area contributed by atoms with Gasteiger partial charge in [-0.15, -0.1) is 0 Å². The highest BCUT2D eigenvalue weighted by Gasteiger charge is 2.28. The quantitative estimate of drug-likeness (QED) is 0.0437. The minimum absolute atomic E-state index is 0. The van der Waals surface area contributed by atoms with Crippen molar-refractivity contribution in [1.29, 1.82) is 0 Å². The van der Waals surface area contributed by atoms with Crippen molar-refractivity contribution in [3.63, 3.8) is 0 Å². The van der Waals surface area contributed by atoms with Gasteiger partial charge in [0.1, 0.15) is 24.5 Å². The van der Waals surface area contributed by atoms with Crippen LogP contribution < -0.4 is 24.8 Å². The lowest BCUT2D eigenvalue weighted by Crippen LogP contribution is -2.40. The molecule has 9 heterocycles. The first-order valence-corrected chi connectivity index (χ1v) is 44.7. The molecule has 15 rings (SSSR count). The summed E-state index contributed by atoms with van der Waals surface area (Å²) in [6, 6.07) is 46.1. The molecule has 22 heteroatoms. The number of carbonyl (C=O) groups excluding carboxylic acids is 2. The zero-order chi connectivity index (χ0) is 88.9. The monoisotopic (exact) mass is 1720 g/mol. The summed E-state index contributed by atoms with van der Waals surface area (Å²) >= 11 is 0. The molecule has 0 saturated carbocycles. The summed E-state index contributed by atoms with van der Waals surface area (Å²) in [4.78, 5) is 41.2. The molecular formula is C102H146N12O9S. The van der Waals surface area contributed by atoms with Gasteiger partial charge in [-0.1, -0.05) is 191 Å². The Kier molecular flexibility index (Phi) is 35.8. The number of carbonyl (C=O) groups is 2. The summed E-state index contributed by atoms with van der Waals surface area (Å²) in [5.41, 5.74) is 16.3. The van der Waals surface area contributed by atoms with Gasteiger partial charge in [0.2, 0.25) is 5.91 Å². The number of aliphatic hydroxyl groups is 2. The number of ether oxygens (including phenoxy) is 5. The number of rotatable bonds is 19. The van der Waals surface area contributed by atoms with Crippen LogP contribution in [-0.2, 0) is 71.7 Å². The number of amides is 1. The van der Waals surface area contributed by atoms with Crippen molar-refractivity contribution in [1.82, 2.24) is 49.1 Å². The number of benzene rings is 6. The minimum Gasteiger partial charge on any atom is -0.494 e. The predicted molar refractivity (Wildman–Crippen MR) is 512 cm³/mol. The number of anilines is 3. The average Bonchev–Trinajstić information content (AvgIpc) is 1.58. The molecule has 1 amide bonds. The van der Waals surface area contributed by atoms with Gasteiger partial charge >= 0.3 is 0 Å². The van der Waals surface area contributed by atoms with Gasteiger partial charge in [-0.3, -0.25) is 33.7 Å². The number of hydrogen-bond acceptors (Lipinski definition) is 18. The van der Waals surface area contributed by atoms with Crippen LogP contribution in [0.15, 0.2) is 158 Å². The van der Waals surface area contributed by atoms with Crippen molar-refractivity contribution in [2.45, 2.75) is 247 Å². The molecule has 0 aliphatic carbocycles. The number of aliphatic hydroxyl groups excluding tert-OH is 2. The average molecular weight is 1720 g/mol. The number of morpholine rings is 1. The van der Waals surface area contributed by atoms with Crippen LogP contribution in [0.1, 0.15) is 221 Å². The van der Waals surface area contributed by atoms with Gasteiger partial charge in [-0.05, 0) is 196 Å². The first kappa shape index (κ1) is 98.8. The fourth-order valence-electron chi connectivity index (χ4n) is 16.2. The van der Waals surface area contributed by atoms with Crippen molar-refractivity contribution in [3.05, 3.63) is 203 Å². The number of pyridine rings is 2. The highest BCUT2D eigenvalue weighted by atomic mass is 32.1. The van der Waals surface area contributed by atoms with E-state index in [1.165, 1.54) is 60.8 Å². The second-order valence-electron chi connectivity index (χ2n) is 39.7. The number of aromatic nitrogens is 6. The molecule has 4 fully saturated rings. The van der Waals surface area contributed by atoms with Crippen LogP contribution in [0.2, 0.25) is 0 Å². The van der Waals surface area contributed by atoms with E-state index in [1.807, 2.05) is 60.8 Å². The van der Waals surface area contributed by atoms with Crippen molar-refractivity contribution < 1.29 is 43.5 Å². The predicted octanol–water partition coefficient (Wildman–Crippen LogP) is 19.5. The third kappa shape index (κ3) is 29.3. The summed E-state index contributed by atoms with van der Waals surface area (Å²) in [7, 11) is 1.98. The third-order valence-corrected chi connectivity index (χ3v) is 23.4. The molecule has 124 heavy (non-hydrogen) atoms. The summed E-state index contributed by atoms with van der Waals surface area (Å²) in [5.74, 6) is 3.47. The number of hydrogen-bond donors (Lipinski definition) is 4. The number of fused-ring (bicyclic) bond motifs is 4. The van der Waals surface area contributed by atoms with Crippen LogP contribution in [0.3, 0.4) is 0 Å².